The summed E-state index contributed by atoms with van der Waals surface area (Å²) in [4.78, 5) is 26.4. The Morgan fingerprint density at radius 3 is 3.03 bits per heavy atom. The standard InChI is InChI=1S/C22H31N3O4/c26-20(7-11-25-10-2-4-16-3-1-9-23-22(16)25)24-18(14-21(27)28)17-6-5-15-8-12-29-19(15)13-17/h5-6,13,16,18,22-23H,1-4,7-12,14H2,(H,24,26)(H,27,28). The van der Waals surface area contributed by atoms with Crippen LogP contribution in [-0.2, 0) is 16.0 Å². The Bertz CT molecular complexity index is 752. The fourth-order valence-electron chi connectivity index (χ4n) is 4.95. The summed E-state index contributed by atoms with van der Waals surface area (Å²) in [6.45, 7) is 3.42. The lowest BCUT2D eigenvalue weighted by Crippen LogP contribution is -2.56. The Kier molecular flexibility index (Phi) is 6.35. The van der Waals surface area contributed by atoms with Crippen molar-refractivity contribution < 1.29 is 19.4 Å². The first-order chi connectivity index (χ1) is 14.1. The molecule has 0 bridgehead atoms. The number of amides is 1. The van der Waals surface area contributed by atoms with Gasteiger partial charge < -0.3 is 20.5 Å². The topological polar surface area (TPSA) is 90.9 Å². The Balaban J connectivity index is 1.36. The molecule has 7 heteroatoms. The van der Waals surface area contributed by atoms with E-state index in [1.807, 2.05) is 18.2 Å². The van der Waals surface area contributed by atoms with Crippen molar-refractivity contribution in [3.8, 4) is 5.75 Å². The van der Waals surface area contributed by atoms with Crippen LogP contribution in [-0.4, -0.2) is 54.3 Å². The number of carboxylic acid groups (broad SMARTS) is 1. The molecule has 3 unspecified atom stereocenters. The third-order valence-corrected chi connectivity index (χ3v) is 6.43. The largest absolute Gasteiger partial charge is 0.493 e. The number of carbonyl (C=O) groups is 2. The van der Waals surface area contributed by atoms with Gasteiger partial charge in [0.2, 0.25) is 5.91 Å². The summed E-state index contributed by atoms with van der Waals surface area (Å²) in [5.41, 5.74) is 1.92. The molecule has 7 nitrogen and oxygen atoms in total. The molecule has 0 radical (unpaired) electrons. The van der Waals surface area contributed by atoms with Crippen LogP contribution in [0.1, 0.15) is 55.7 Å². The van der Waals surface area contributed by atoms with Gasteiger partial charge in [0.15, 0.2) is 0 Å². The van der Waals surface area contributed by atoms with E-state index in [0.717, 1.165) is 36.4 Å². The van der Waals surface area contributed by atoms with E-state index in [1.165, 1.54) is 25.7 Å². The lowest BCUT2D eigenvalue weighted by Gasteiger charge is -2.44. The molecular weight excluding hydrogens is 370 g/mol. The Morgan fingerprint density at radius 1 is 1.31 bits per heavy atom. The summed E-state index contributed by atoms with van der Waals surface area (Å²) in [6, 6.07) is 5.21. The van der Waals surface area contributed by atoms with Crippen LogP contribution < -0.4 is 15.4 Å². The fourth-order valence-corrected chi connectivity index (χ4v) is 4.95. The van der Waals surface area contributed by atoms with Gasteiger partial charge in [-0.1, -0.05) is 12.1 Å². The first-order valence-electron chi connectivity index (χ1n) is 10.8. The number of nitrogens with one attached hydrogen (secondary N) is 2. The minimum Gasteiger partial charge on any atom is -0.493 e. The molecule has 2 saturated heterocycles. The first-order valence-corrected chi connectivity index (χ1v) is 10.8. The van der Waals surface area contributed by atoms with Gasteiger partial charge in [-0.25, -0.2) is 0 Å². The summed E-state index contributed by atoms with van der Waals surface area (Å²) in [7, 11) is 0. The Morgan fingerprint density at radius 2 is 2.17 bits per heavy atom. The molecule has 3 N–H and O–H groups in total. The molecule has 3 heterocycles. The SMILES string of the molecule is O=C(O)CC(NC(=O)CCN1CCCC2CCCNC21)c1ccc2c(c1)OCC2. The highest BCUT2D eigenvalue weighted by Gasteiger charge is 2.33. The van der Waals surface area contributed by atoms with E-state index in [-0.39, 0.29) is 12.3 Å². The number of nitrogens with zero attached hydrogens (tertiary/aromatic N) is 1. The maximum Gasteiger partial charge on any atom is 0.305 e. The van der Waals surface area contributed by atoms with E-state index in [4.69, 9.17) is 4.74 Å². The minimum atomic E-state index is -0.929. The average Bonchev–Trinajstić information content (AvgIpc) is 3.19. The zero-order valence-electron chi connectivity index (χ0n) is 16.9. The van der Waals surface area contributed by atoms with Gasteiger partial charge in [0.1, 0.15) is 5.75 Å². The van der Waals surface area contributed by atoms with Crippen molar-refractivity contribution in [3.05, 3.63) is 29.3 Å². The lowest BCUT2D eigenvalue weighted by atomic mass is 9.87. The average molecular weight is 402 g/mol. The summed E-state index contributed by atoms with van der Waals surface area (Å²) in [6.07, 6.45) is 6.44. The van der Waals surface area contributed by atoms with Crippen LogP contribution in [0.3, 0.4) is 0 Å². The van der Waals surface area contributed by atoms with Crippen LogP contribution in [0.2, 0.25) is 0 Å². The third-order valence-electron chi connectivity index (χ3n) is 6.43. The van der Waals surface area contributed by atoms with Crippen molar-refractivity contribution in [2.45, 2.75) is 57.2 Å². The molecule has 1 aromatic rings. The molecule has 0 aliphatic carbocycles. The summed E-state index contributed by atoms with van der Waals surface area (Å²) < 4.78 is 5.60. The van der Waals surface area contributed by atoms with Crippen LogP contribution in [0.25, 0.3) is 0 Å². The molecular formula is C22H31N3O4. The van der Waals surface area contributed by atoms with Crippen molar-refractivity contribution in [1.82, 2.24) is 15.5 Å². The second kappa shape index (κ2) is 9.13. The van der Waals surface area contributed by atoms with Gasteiger partial charge in [0, 0.05) is 19.4 Å². The van der Waals surface area contributed by atoms with Crippen molar-refractivity contribution in [2.24, 2.45) is 5.92 Å². The van der Waals surface area contributed by atoms with E-state index >= 15 is 0 Å². The number of piperidine rings is 2. The predicted molar refractivity (Wildman–Crippen MR) is 109 cm³/mol. The van der Waals surface area contributed by atoms with Crippen LogP contribution in [0.15, 0.2) is 18.2 Å². The molecule has 3 aliphatic heterocycles. The molecule has 1 amide bonds. The van der Waals surface area contributed by atoms with E-state index in [0.29, 0.717) is 31.7 Å². The maximum absolute atomic E-state index is 12.7. The quantitative estimate of drug-likeness (QED) is 0.648. The molecule has 158 valence electrons. The lowest BCUT2D eigenvalue weighted by molar-refractivity contribution is -0.137. The van der Waals surface area contributed by atoms with Gasteiger partial charge in [-0.2, -0.15) is 0 Å². The number of fused-ring (bicyclic) bond motifs is 2. The number of hydrogen-bond acceptors (Lipinski definition) is 5. The monoisotopic (exact) mass is 401 g/mol. The molecule has 29 heavy (non-hydrogen) atoms. The van der Waals surface area contributed by atoms with Gasteiger partial charge in [-0.15, -0.1) is 0 Å². The van der Waals surface area contributed by atoms with Gasteiger partial charge in [-0.3, -0.25) is 14.5 Å². The molecule has 0 spiro atoms. The highest BCUT2D eigenvalue weighted by Crippen LogP contribution is 2.30. The number of likely N-dealkylation sites (tertiary alicyclic amines) is 1. The number of rotatable bonds is 7. The highest BCUT2D eigenvalue weighted by atomic mass is 16.5. The third kappa shape index (κ3) is 4.90. The number of hydrogen-bond donors (Lipinski definition) is 3. The zero-order chi connectivity index (χ0) is 20.2. The van der Waals surface area contributed by atoms with Crippen LogP contribution in [0.4, 0.5) is 0 Å². The molecule has 1 aromatic carbocycles. The van der Waals surface area contributed by atoms with Crippen molar-refractivity contribution >= 4 is 11.9 Å². The number of benzene rings is 1. The van der Waals surface area contributed by atoms with Crippen molar-refractivity contribution in [3.63, 3.8) is 0 Å². The van der Waals surface area contributed by atoms with Crippen LogP contribution in [0, 0.1) is 5.92 Å². The fraction of sp³-hybridized carbons (Fsp3) is 0.636. The Hall–Kier alpha value is -2.12. The van der Waals surface area contributed by atoms with Crippen LogP contribution in [0.5, 0.6) is 5.75 Å². The first kappa shape index (κ1) is 20.2. The Labute approximate surface area is 171 Å². The second-order valence-electron chi connectivity index (χ2n) is 8.41. The highest BCUT2D eigenvalue weighted by molar-refractivity contribution is 5.78. The summed E-state index contributed by atoms with van der Waals surface area (Å²) in [5, 5.41) is 15.9. The molecule has 2 fully saturated rings. The molecule has 0 aromatic heterocycles. The number of ether oxygens (including phenoxy) is 1. The van der Waals surface area contributed by atoms with Gasteiger partial charge in [0.25, 0.3) is 0 Å². The molecule has 3 aliphatic rings. The van der Waals surface area contributed by atoms with Crippen molar-refractivity contribution in [1.29, 1.82) is 0 Å². The number of carboxylic acids is 1. The minimum absolute atomic E-state index is 0.101. The van der Waals surface area contributed by atoms with E-state index < -0.39 is 12.0 Å². The van der Waals surface area contributed by atoms with Gasteiger partial charge in [-0.05, 0) is 61.9 Å². The van der Waals surface area contributed by atoms with E-state index in [1.54, 1.807) is 0 Å². The smallest absolute Gasteiger partial charge is 0.305 e. The molecule has 0 saturated carbocycles. The normalized spacial score (nSPS) is 24.8. The van der Waals surface area contributed by atoms with Crippen molar-refractivity contribution in [2.75, 3.05) is 26.2 Å². The van der Waals surface area contributed by atoms with Gasteiger partial charge >= 0.3 is 5.97 Å². The number of carbonyl (C=O) groups excluding carboxylic acids is 1. The van der Waals surface area contributed by atoms with E-state index in [9.17, 15) is 14.7 Å². The molecule has 4 rings (SSSR count). The summed E-state index contributed by atoms with van der Waals surface area (Å²) in [5.74, 6) is 0.458. The van der Waals surface area contributed by atoms with Gasteiger partial charge in [0.05, 0.1) is 25.2 Å². The second-order valence-corrected chi connectivity index (χ2v) is 8.41. The maximum atomic E-state index is 12.7. The van der Waals surface area contributed by atoms with E-state index in [2.05, 4.69) is 15.5 Å². The summed E-state index contributed by atoms with van der Waals surface area (Å²) >= 11 is 0. The predicted octanol–water partition coefficient (Wildman–Crippen LogP) is 2.07. The molecule has 3 atom stereocenters. The van der Waals surface area contributed by atoms with Crippen LogP contribution >= 0.6 is 0 Å². The number of aliphatic carboxylic acids is 1. The zero-order valence-corrected chi connectivity index (χ0v) is 16.9.